The normalized spacial score (nSPS) is 22.2. The summed E-state index contributed by atoms with van der Waals surface area (Å²) < 4.78 is 0. The predicted molar refractivity (Wildman–Crippen MR) is 90.3 cm³/mol. The van der Waals surface area contributed by atoms with Crippen LogP contribution in [0.5, 0.6) is 0 Å². The Hall–Kier alpha value is -2.37. The summed E-state index contributed by atoms with van der Waals surface area (Å²) in [6.45, 7) is 0. The highest BCUT2D eigenvalue weighted by molar-refractivity contribution is 6.39. The van der Waals surface area contributed by atoms with Crippen LogP contribution in [0.2, 0.25) is 0 Å². The molecule has 2 amide bonds. The number of rotatable bonds is 4. The molecule has 128 valence electrons. The molecule has 1 heterocycles. The van der Waals surface area contributed by atoms with Crippen LogP contribution < -0.4 is 10.6 Å². The molecule has 0 radical (unpaired) electrons. The van der Waals surface area contributed by atoms with Crippen LogP contribution in [0.1, 0.15) is 50.2 Å². The number of likely N-dealkylation sites (N-methyl/N-ethyl adjacent to an activating group) is 1. The van der Waals surface area contributed by atoms with Crippen molar-refractivity contribution in [1.29, 1.82) is 0 Å². The summed E-state index contributed by atoms with van der Waals surface area (Å²) in [5, 5.41) is 9.56. The van der Waals surface area contributed by atoms with E-state index in [0.29, 0.717) is 25.0 Å². The van der Waals surface area contributed by atoms with Crippen molar-refractivity contribution in [3.05, 3.63) is 35.9 Å². The highest BCUT2D eigenvalue weighted by Crippen LogP contribution is 2.30. The molecule has 1 aliphatic heterocycles. The van der Waals surface area contributed by atoms with Crippen LogP contribution in [0, 0.1) is 0 Å². The van der Waals surface area contributed by atoms with Gasteiger partial charge in [-0.2, -0.15) is 0 Å². The van der Waals surface area contributed by atoms with Crippen LogP contribution in [0.25, 0.3) is 0 Å². The van der Waals surface area contributed by atoms with Crippen molar-refractivity contribution in [2.45, 2.75) is 50.2 Å². The van der Waals surface area contributed by atoms with Gasteiger partial charge in [-0.1, -0.05) is 54.8 Å². The van der Waals surface area contributed by atoms with Gasteiger partial charge in [-0.25, -0.2) is 0 Å². The molecule has 1 aliphatic carbocycles. The summed E-state index contributed by atoms with van der Waals surface area (Å²) in [7, 11) is 1.60. The number of hydrogen-bond donors (Lipinski definition) is 2. The Labute approximate surface area is 141 Å². The molecule has 0 saturated heterocycles. The lowest BCUT2D eigenvalue weighted by atomic mass is 9.80. The number of oxime groups is 1. The van der Waals surface area contributed by atoms with Gasteiger partial charge in [0.25, 0.3) is 5.91 Å². The van der Waals surface area contributed by atoms with Crippen molar-refractivity contribution in [3.63, 3.8) is 0 Å². The van der Waals surface area contributed by atoms with E-state index in [2.05, 4.69) is 15.8 Å². The maximum Gasteiger partial charge on any atom is 0.270 e. The van der Waals surface area contributed by atoms with Gasteiger partial charge in [0.1, 0.15) is 11.3 Å². The summed E-state index contributed by atoms with van der Waals surface area (Å²) in [5.41, 5.74) is 0.512. The third kappa shape index (κ3) is 3.27. The highest BCUT2D eigenvalue weighted by atomic mass is 16.6. The van der Waals surface area contributed by atoms with Gasteiger partial charge in [0, 0.05) is 13.5 Å². The maximum absolute atomic E-state index is 12.6. The average Bonchev–Trinajstić information content (AvgIpc) is 3.13. The summed E-state index contributed by atoms with van der Waals surface area (Å²) in [4.78, 5) is 30.4. The molecule has 0 unspecified atom stereocenters. The van der Waals surface area contributed by atoms with Crippen molar-refractivity contribution in [2.24, 2.45) is 5.16 Å². The second-order valence-electron chi connectivity index (χ2n) is 6.42. The number of hydrogen-bond acceptors (Lipinski definition) is 4. The smallest absolute Gasteiger partial charge is 0.270 e. The van der Waals surface area contributed by atoms with Crippen molar-refractivity contribution in [3.8, 4) is 0 Å². The minimum absolute atomic E-state index is 0.130. The second kappa shape index (κ2) is 7.03. The molecule has 0 aromatic heterocycles. The first-order valence-corrected chi connectivity index (χ1v) is 8.47. The Kier molecular flexibility index (Phi) is 4.83. The lowest BCUT2D eigenvalue weighted by molar-refractivity contribution is -0.132. The molecule has 2 aliphatic rings. The first kappa shape index (κ1) is 16.5. The Morgan fingerprint density at radius 1 is 1.17 bits per heavy atom. The van der Waals surface area contributed by atoms with Gasteiger partial charge in [0.15, 0.2) is 6.10 Å². The molecule has 1 aromatic rings. The minimum atomic E-state index is -0.822. The predicted octanol–water partition coefficient (Wildman–Crippen LogP) is 2.07. The Morgan fingerprint density at radius 2 is 1.88 bits per heavy atom. The molecule has 6 heteroatoms. The SMILES string of the molecule is CNC(=O)C1(NC(=O)C2=NO[C@@H](c3ccccc3)C2)CCCCC1. The van der Waals surface area contributed by atoms with Gasteiger partial charge in [0.05, 0.1) is 0 Å². The summed E-state index contributed by atoms with van der Waals surface area (Å²) in [5.74, 6) is -0.436. The molecule has 1 atom stereocenters. The fourth-order valence-corrected chi connectivity index (χ4v) is 3.45. The van der Waals surface area contributed by atoms with Crippen molar-refractivity contribution >= 4 is 17.5 Å². The zero-order valence-corrected chi connectivity index (χ0v) is 13.9. The number of nitrogens with zero attached hydrogens (tertiary/aromatic N) is 1. The van der Waals surface area contributed by atoms with E-state index >= 15 is 0 Å². The molecule has 24 heavy (non-hydrogen) atoms. The first-order chi connectivity index (χ1) is 11.6. The van der Waals surface area contributed by atoms with Crippen molar-refractivity contribution in [1.82, 2.24) is 10.6 Å². The van der Waals surface area contributed by atoms with Crippen LogP contribution in [-0.2, 0) is 14.4 Å². The lowest BCUT2D eigenvalue weighted by Gasteiger charge is -2.36. The third-order valence-electron chi connectivity index (χ3n) is 4.82. The average molecular weight is 329 g/mol. The summed E-state index contributed by atoms with van der Waals surface area (Å²) >= 11 is 0. The second-order valence-corrected chi connectivity index (χ2v) is 6.42. The lowest BCUT2D eigenvalue weighted by Crippen LogP contribution is -2.60. The topological polar surface area (TPSA) is 79.8 Å². The van der Waals surface area contributed by atoms with Crippen LogP contribution in [0.15, 0.2) is 35.5 Å². The standard InChI is InChI=1S/C18H23N3O3/c1-19-17(23)18(10-6-3-7-11-18)20-16(22)14-12-15(24-21-14)13-8-4-2-5-9-13/h2,4-5,8-9,15H,3,6-7,10-12H2,1H3,(H,19,23)(H,20,22)/t15-/m1/s1. The van der Waals surface area contributed by atoms with Crippen LogP contribution in [0.4, 0.5) is 0 Å². The number of carbonyl (C=O) groups is 2. The molecule has 1 aromatic carbocycles. The van der Waals surface area contributed by atoms with E-state index in [9.17, 15) is 9.59 Å². The van der Waals surface area contributed by atoms with E-state index in [1.54, 1.807) is 7.05 Å². The summed E-state index contributed by atoms with van der Waals surface area (Å²) in [6, 6.07) is 9.70. The quantitative estimate of drug-likeness (QED) is 0.887. The van der Waals surface area contributed by atoms with Crippen molar-refractivity contribution < 1.29 is 14.4 Å². The minimum Gasteiger partial charge on any atom is -0.387 e. The van der Waals surface area contributed by atoms with Gasteiger partial charge in [-0.15, -0.1) is 0 Å². The number of amides is 2. The molecule has 1 fully saturated rings. The molecule has 6 nitrogen and oxygen atoms in total. The third-order valence-corrected chi connectivity index (χ3v) is 4.82. The van der Waals surface area contributed by atoms with Crippen LogP contribution in [-0.4, -0.2) is 30.1 Å². The van der Waals surface area contributed by atoms with Crippen LogP contribution in [0.3, 0.4) is 0 Å². The van der Waals surface area contributed by atoms with E-state index in [0.717, 1.165) is 24.8 Å². The fraction of sp³-hybridized carbons (Fsp3) is 0.500. The Bertz CT molecular complexity index is 636. The Balaban J connectivity index is 1.67. The maximum atomic E-state index is 12.6. The van der Waals surface area contributed by atoms with Gasteiger partial charge < -0.3 is 15.5 Å². The molecule has 2 N–H and O–H groups in total. The largest absolute Gasteiger partial charge is 0.387 e. The zero-order valence-electron chi connectivity index (χ0n) is 13.9. The Morgan fingerprint density at radius 3 is 2.54 bits per heavy atom. The van der Waals surface area contributed by atoms with E-state index < -0.39 is 5.54 Å². The number of carbonyl (C=O) groups excluding carboxylic acids is 2. The monoisotopic (exact) mass is 329 g/mol. The molecular formula is C18H23N3O3. The van der Waals surface area contributed by atoms with E-state index in [4.69, 9.17) is 4.84 Å². The van der Waals surface area contributed by atoms with Gasteiger partial charge in [-0.05, 0) is 18.4 Å². The molecule has 1 saturated carbocycles. The molecule has 0 spiro atoms. The molecule has 3 rings (SSSR count). The van der Waals surface area contributed by atoms with Gasteiger partial charge in [-0.3, -0.25) is 9.59 Å². The van der Waals surface area contributed by atoms with Gasteiger partial charge in [0.2, 0.25) is 5.91 Å². The van der Waals surface area contributed by atoms with E-state index in [-0.39, 0.29) is 17.9 Å². The fourth-order valence-electron chi connectivity index (χ4n) is 3.45. The zero-order chi connectivity index (χ0) is 17.0. The summed E-state index contributed by atoms with van der Waals surface area (Å²) in [6.07, 6.45) is 4.46. The molecular weight excluding hydrogens is 306 g/mol. The van der Waals surface area contributed by atoms with Crippen molar-refractivity contribution in [2.75, 3.05) is 7.05 Å². The van der Waals surface area contributed by atoms with Gasteiger partial charge >= 0.3 is 0 Å². The first-order valence-electron chi connectivity index (χ1n) is 8.47. The number of benzene rings is 1. The highest BCUT2D eigenvalue weighted by Gasteiger charge is 2.41. The van der Waals surface area contributed by atoms with E-state index in [1.807, 2.05) is 30.3 Å². The molecule has 0 bridgehead atoms. The number of nitrogens with one attached hydrogen (secondary N) is 2. The van der Waals surface area contributed by atoms with Crippen LogP contribution >= 0.6 is 0 Å². The van der Waals surface area contributed by atoms with E-state index in [1.165, 1.54) is 0 Å².